The minimum Gasteiger partial charge on any atom is -0.481 e. The average molecular weight is 305 g/mol. The maximum atomic E-state index is 11.3. The third kappa shape index (κ3) is 2.61. The first kappa shape index (κ1) is 14.3. The van der Waals surface area contributed by atoms with E-state index in [-0.39, 0.29) is 6.42 Å². The number of halogens is 1. The minimum atomic E-state index is -0.824. The molecule has 110 valence electrons. The number of rotatable bonds is 2. The Bertz CT molecular complexity index is 743. The van der Waals surface area contributed by atoms with Gasteiger partial charge < -0.3 is 10.0 Å². The van der Waals surface area contributed by atoms with Gasteiger partial charge in [-0.1, -0.05) is 11.6 Å². The number of carbonyl (C=O) groups is 1. The predicted molar refractivity (Wildman–Crippen MR) is 82.9 cm³/mol. The molecule has 0 saturated heterocycles. The molecule has 0 amide bonds. The molecule has 4 nitrogen and oxygen atoms in total. The van der Waals surface area contributed by atoms with E-state index in [1.807, 2.05) is 26.1 Å². The fourth-order valence-corrected chi connectivity index (χ4v) is 3.32. The topological polar surface area (TPSA) is 53.4 Å². The van der Waals surface area contributed by atoms with Gasteiger partial charge in [-0.25, -0.2) is 0 Å². The van der Waals surface area contributed by atoms with Gasteiger partial charge >= 0.3 is 5.97 Å². The van der Waals surface area contributed by atoms with Crippen molar-refractivity contribution in [2.24, 2.45) is 0 Å². The van der Waals surface area contributed by atoms with Crippen LogP contribution in [-0.2, 0) is 24.2 Å². The SMILES string of the molecule is Cc1cc(Cl)cc2c(CC(=O)O)c3c(nc12)CCN(C)C3. The number of carboxylic acid groups (broad SMARTS) is 1. The van der Waals surface area contributed by atoms with E-state index in [4.69, 9.17) is 16.6 Å². The molecule has 2 aromatic rings. The van der Waals surface area contributed by atoms with Gasteiger partial charge in [-0.05, 0) is 42.8 Å². The van der Waals surface area contributed by atoms with Gasteiger partial charge in [0.2, 0.25) is 0 Å². The van der Waals surface area contributed by atoms with Gasteiger partial charge in [0, 0.05) is 35.6 Å². The van der Waals surface area contributed by atoms with E-state index < -0.39 is 5.97 Å². The number of hydrogen-bond acceptors (Lipinski definition) is 3. The number of aryl methyl sites for hydroxylation is 1. The molecule has 0 radical (unpaired) electrons. The lowest BCUT2D eigenvalue weighted by Crippen LogP contribution is -2.29. The molecule has 1 aliphatic rings. The van der Waals surface area contributed by atoms with Gasteiger partial charge in [0.05, 0.1) is 11.9 Å². The average Bonchev–Trinajstić information content (AvgIpc) is 2.39. The molecule has 1 aliphatic heterocycles. The zero-order valence-electron chi connectivity index (χ0n) is 12.1. The molecule has 2 heterocycles. The Hall–Kier alpha value is -1.65. The summed E-state index contributed by atoms with van der Waals surface area (Å²) in [5.41, 5.74) is 4.81. The van der Waals surface area contributed by atoms with Crippen LogP contribution >= 0.6 is 11.6 Å². The molecule has 0 fully saturated rings. The molecule has 0 saturated carbocycles. The fraction of sp³-hybridized carbons (Fsp3) is 0.375. The molecule has 21 heavy (non-hydrogen) atoms. The summed E-state index contributed by atoms with van der Waals surface area (Å²) in [6.45, 7) is 3.66. The standard InChI is InChI=1S/C16H17ClN2O2/c1-9-5-10(17)6-12-11(7-15(20)21)13-8-19(2)4-3-14(13)18-16(9)12/h5-6H,3-4,7-8H2,1-2H3,(H,20,21). The van der Waals surface area contributed by atoms with Crippen LogP contribution < -0.4 is 0 Å². The Labute approximate surface area is 128 Å². The summed E-state index contributed by atoms with van der Waals surface area (Å²) < 4.78 is 0. The van der Waals surface area contributed by atoms with Gasteiger partial charge in [0.1, 0.15) is 0 Å². The lowest BCUT2D eigenvalue weighted by Gasteiger charge is -2.27. The van der Waals surface area contributed by atoms with Gasteiger partial charge in [0.15, 0.2) is 0 Å². The summed E-state index contributed by atoms with van der Waals surface area (Å²) in [6, 6.07) is 3.72. The van der Waals surface area contributed by atoms with Crippen LogP contribution in [0.25, 0.3) is 10.9 Å². The Morgan fingerprint density at radius 1 is 1.48 bits per heavy atom. The van der Waals surface area contributed by atoms with E-state index in [1.54, 1.807) is 0 Å². The molecule has 3 rings (SSSR count). The molecule has 0 aliphatic carbocycles. The van der Waals surface area contributed by atoms with Gasteiger partial charge in [0.25, 0.3) is 0 Å². The first-order valence-corrected chi connectivity index (χ1v) is 7.34. The number of aromatic nitrogens is 1. The van der Waals surface area contributed by atoms with Crippen molar-refractivity contribution in [2.75, 3.05) is 13.6 Å². The first-order valence-electron chi connectivity index (χ1n) is 6.96. The maximum absolute atomic E-state index is 11.3. The molecular weight excluding hydrogens is 288 g/mol. The third-order valence-corrected chi connectivity index (χ3v) is 4.25. The second-order valence-electron chi connectivity index (χ2n) is 5.69. The van der Waals surface area contributed by atoms with Crippen LogP contribution in [0.4, 0.5) is 0 Å². The lowest BCUT2D eigenvalue weighted by molar-refractivity contribution is -0.136. The van der Waals surface area contributed by atoms with Crippen LogP contribution in [0.2, 0.25) is 5.02 Å². The largest absolute Gasteiger partial charge is 0.481 e. The van der Waals surface area contributed by atoms with Crippen LogP contribution in [0.3, 0.4) is 0 Å². The second-order valence-corrected chi connectivity index (χ2v) is 6.13. The van der Waals surface area contributed by atoms with Crippen LogP contribution in [0.15, 0.2) is 12.1 Å². The summed E-state index contributed by atoms with van der Waals surface area (Å²) in [7, 11) is 2.04. The smallest absolute Gasteiger partial charge is 0.307 e. The summed E-state index contributed by atoms with van der Waals surface area (Å²) in [5, 5.41) is 10.8. The quantitative estimate of drug-likeness (QED) is 0.927. The second kappa shape index (κ2) is 5.28. The monoisotopic (exact) mass is 304 g/mol. The highest BCUT2D eigenvalue weighted by molar-refractivity contribution is 6.31. The number of fused-ring (bicyclic) bond motifs is 2. The summed E-state index contributed by atoms with van der Waals surface area (Å²) in [4.78, 5) is 18.3. The van der Waals surface area contributed by atoms with E-state index in [9.17, 15) is 9.90 Å². The number of pyridine rings is 1. The molecule has 0 unspecified atom stereocenters. The lowest BCUT2D eigenvalue weighted by atomic mass is 9.93. The Kier molecular flexibility index (Phi) is 3.59. The predicted octanol–water partition coefficient (Wildman–Crippen LogP) is 2.81. The highest BCUT2D eigenvalue weighted by atomic mass is 35.5. The molecule has 5 heteroatoms. The van der Waals surface area contributed by atoms with Crippen molar-refractivity contribution in [1.82, 2.24) is 9.88 Å². The zero-order valence-corrected chi connectivity index (χ0v) is 12.9. The van der Waals surface area contributed by atoms with Crippen molar-refractivity contribution in [3.8, 4) is 0 Å². The van der Waals surface area contributed by atoms with Crippen LogP contribution in [0, 0.1) is 6.92 Å². The first-order chi connectivity index (χ1) is 9.95. The Balaban J connectivity index is 2.34. The van der Waals surface area contributed by atoms with E-state index in [2.05, 4.69) is 4.90 Å². The number of aliphatic carboxylic acids is 1. The molecule has 0 atom stereocenters. The van der Waals surface area contributed by atoms with Crippen molar-refractivity contribution < 1.29 is 9.90 Å². The van der Waals surface area contributed by atoms with E-state index >= 15 is 0 Å². The van der Waals surface area contributed by atoms with Crippen molar-refractivity contribution in [3.05, 3.63) is 39.5 Å². The minimum absolute atomic E-state index is 0.00890. The molecule has 1 N–H and O–H groups in total. The summed E-state index contributed by atoms with van der Waals surface area (Å²) >= 11 is 6.16. The van der Waals surface area contributed by atoms with Crippen LogP contribution in [0.5, 0.6) is 0 Å². The van der Waals surface area contributed by atoms with Crippen molar-refractivity contribution in [1.29, 1.82) is 0 Å². The third-order valence-electron chi connectivity index (χ3n) is 4.04. The van der Waals surface area contributed by atoms with Gasteiger partial charge in [-0.15, -0.1) is 0 Å². The van der Waals surface area contributed by atoms with Crippen LogP contribution in [-0.4, -0.2) is 34.6 Å². The highest BCUT2D eigenvalue weighted by Gasteiger charge is 2.22. The molecule has 0 spiro atoms. The summed E-state index contributed by atoms with van der Waals surface area (Å²) in [6.07, 6.45) is 0.867. The molecule has 0 bridgehead atoms. The van der Waals surface area contributed by atoms with E-state index in [0.717, 1.165) is 52.8 Å². The summed E-state index contributed by atoms with van der Waals surface area (Å²) in [5.74, 6) is -0.824. The van der Waals surface area contributed by atoms with E-state index in [0.29, 0.717) is 5.02 Å². The number of likely N-dealkylation sites (N-methyl/N-ethyl adjacent to an activating group) is 1. The van der Waals surface area contributed by atoms with Crippen molar-refractivity contribution >= 4 is 28.5 Å². The normalized spacial score (nSPS) is 15.2. The van der Waals surface area contributed by atoms with Crippen molar-refractivity contribution in [2.45, 2.75) is 26.3 Å². The Morgan fingerprint density at radius 2 is 2.24 bits per heavy atom. The van der Waals surface area contributed by atoms with Crippen molar-refractivity contribution in [3.63, 3.8) is 0 Å². The molecule has 1 aromatic carbocycles. The fourth-order valence-electron chi connectivity index (χ4n) is 3.05. The zero-order chi connectivity index (χ0) is 15.1. The number of carboxylic acids is 1. The number of hydrogen-bond donors (Lipinski definition) is 1. The van der Waals surface area contributed by atoms with Gasteiger partial charge in [-0.2, -0.15) is 0 Å². The molecule has 1 aromatic heterocycles. The van der Waals surface area contributed by atoms with Gasteiger partial charge in [-0.3, -0.25) is 9.78 Å². The highest BCUT2D eigenvalue weighted by Crippen LogP contribution is 2.31. The van der Waals surface area contributed by atoms with E-state index in [1.165, 1.54) is 0 Å². The Morgan fingerprint density at radius 3 is 2.95 bits per heavy atom. The molecular formula is C16H17ClN2O2. The van der Waals surface area contributed by atoms with Crippen LogP contribution in [0.1, 0.15) is 22.4 Å². The maximum Gasteiger partial charge on any atom is 0.307 e. The number of benzene rings is 1. The number of nitrogens with zero attached hydrogens (tertiary/aromatic N) is 2.